The van der Waals surface area contributed by atoms with Gasteiger partial charge in [-0.05, 0) is 43.7 Å². The average molecular weight is 387 g/mol. The highest BCUT2D eigenvalue weighted by Crippen LogP contribution is 2.60. The lowest BCUT2D eigenvalue weighted by atomic mass is 10.1. The van der Waals surface area contributed by atoms with E-state index >= 15 is 0 Å². The molecule has 1 unspecified atom stereocenters. The molecule has 22 heavy (non-hydrogen) atoms. The summed E-state index contributed by atoms with van der Waals surface area (Å²) in [7, 11) is -3.62. The van der Waals surface area contributed by atoms with Gasteiger partial charge < -0.3 is 14.2 Å². The van der Waals surface area contributed by atoms with E-state index in [1.54, 1.807) is 13.8 Å². The monoisotopic (exact) mass is 386 g/mol. The fourth-order valence-electron chi connectivity index (χ4n) is 2.31. The molecule has 0 saturated heterocycles. The molecule has 0 fully saturated rings. The molecule has 2 aromatic carbocycles. The van der Waals surface area contributed by atoms with Crippen molar-refractivity contribution in [3.05, 3.63) is 45.9 Å². The van der Waals surface area contributed by atoms with Gasteiger partial charge in [-0.3, -0.25) is 4.57 Å². The van der Waals surface area contributed by atoms with Gasteiger partial charge in [0.2, 0.25) is 0 Å². The molecule has 1 N–H and O–H groups in total. The molecule has 4 nitrogen and oxygen atoms in total. The molecule has 0 saturated carbocycles. The molecule has 0 aliphatic rings. The van der Waals surface area contributed by atoms with Gasteiger partial charge in [0.05, 0.1) is 13.2 Å². The Balaban J connectivity index is 2.52. The van der Waals surface area contributed by atoms with Crippen molar-refractivity contribution in [1.82, 2.24) is 0 Å². The van der Waals surface area contributed by atoms with E-state index in [9.17, 15) is 9.67 Å². The molecular weight excluding hydrogens is 367 g/mol. The molecule has 1 atom stereocenters. The maximum Gasteiger partial charge on any atom is 0.363 e. The normalized spacial score (nSPS) is 13.5. The summed E-state index contributed by atoms with van der Waals surface area (Å²) in [5.41, 5.74) is 1.62. The fraction of sp³-hybridized carbons (Fsp3) is 0.375. The maximum absolute atomic E-state index is 12.8. The first kappa shape index (κ1) is 17.6. The third-order valence-corrected chi connectivity index (χ3v) is 6.11. The number of aliphatic hydroxyl groups excluding tert-OH is 1. The number of benzene rings is 2. The van der Waals surface area contributed by atoms with Crippen LogP contribution < -0.4 is 0 Å². The minimum absolute atomic E-state index is 0.207. The first-order valence-electron chi connectivity index (χ1n) is 7.18. The summed E-state index contributed by atoms with van der Waals surface area (Å²) in [5.74, 6) is -1.33. The number of rotatable bonds is 6. The van der Waals surface area contributed by atoms with Crippen LogP contribution in [0.2, 0.25) is 0 Å². The Morgan fingerprint density at radius 3 is 2.36 bits per heavy atom. The molecule has 0 aliphatic carbocycles. The molecule has 2 rings (SSSR count). The molecule has 0 aromatic heterocycles. The van der Waals surface area contributed by atoms with Gasteiger partial charge in [-0.25, -0.2) is 0 Å². The van der Waals surface area contributed by atoms with Gasteiger partial charge in [0.1, 0.15) is 0 Å². The molecule has 0 bridgehead atoms. The van der Waals surface area contributed by atoms with E-state index in [1.807, 2.05) is 37.3 Å². The van der Waals surface area contributed by atoms with Gasteiger partial charge in [-0.15, -0.1) is 0 Å². The summed E-state index contributed by atoms with van der Waals surface area (Å²) in [6.07, 6.45) is 0. The zero-order valence-corrected chi connectivity index (χ0v) is 15.4. The number of hydrogen-bond donors (Lipinski definition) is 1. The van der Waals surface area contributed by atoms with Gasteiger partial charge in [-0.1, -0.05) is 39.7 Å². The zero-order chi connectivity index (χ0) is 16.3. The summed E-state index contributed by atoms with van der Waals surface area (Å²) in [5, 5.41) is 12.6. The Morgan fingerprint density at radius 1 is 1.14 bits per heavy atom. The Labute approximate surface area is 139 Å². The molecule has 0 aliphatic heterocycles. The number of aryl methyl sites for hydroxylation is 1. The van der Waals surface area contributed by atoms with E-state index in [4.69, 9.17) is 9.05 Å². The summed E-state index contributed by atoms with van der Waals surface area (Å²) >= 11 is 3.44. The molecular formula is C16H20BrO4P. The average Bonchev–Trinajstić information content (AvgIpc) is 2.47. The van der Waals surface area contributed by atoms with Crippen LogP contribution in [0.25, 0.3) is 10.8 Å². The lowest BCUT2D eigenvalue weighted by molar-refractivity contribution is 0.150. The van der Waals surface area contributed by atoms with E-state index in [1.165, 1.54) is 0 Å². The zero-order valence-electron chi connectivity index (χ0n) is 12.9. The molecule has 6 heteroatoms. The standard InChI is InChI=1S/C16H20BrO4P/c1-4-20-22(19,21-5-2)16(18)14-9-13-8-11(3)6-7-12(13)10-15(14)17/h6-10,16,18H,4-5H2,1-3H3. The highest BCUT2D eigenvalue weighted by atomic mass is 79.9. The van der Waals surface area contributed by atoms with Crippen molar-refractivity contribution >= 4 is 34.3 Å². The topological polar surface area (TPSA) is 55.8 Å². The molecule has 0 radical (unpaired) electrons. The predicted molar refractivity (Wildman–Crippen MR) is 92.2 cm³/mol. The Morgan fingerprint density at radius 2 is 1.77 bits per heavy atom. The highest BCUT2D eigenvalue weighted by molar-refractivity contribution is 9.10. The van der Waals surface area contributed by atoms with Gasteiger partial charge in [-0.2, -0.15) is 0 Å². The van der Waals surface area contributed by atoms with Crippen LogP contribution in [0.15, 0.2) is 34.8 Å². The lowest BCUT2D eigenvalue weighted by Gasteiger charge is -2.23. The van der Waals surface area contributed by atoms with E-state index < -0.39 is 13.4 Å². The number of halogens is 1. The first-order valence-corrected chi connectivity index (χ1v) is 9.58. The largest absolute Gasteiger partial charge is 0.376 e. The molecule has 0 spiro atoms. The van der Waals surface area contributed by atoms with Crippen LogP contribution in [0.3, 0.4) is 0 Å². The van der Waals surface area contributed by atoms with E-state index in [0.717, 1.165) is 16.3 Å². The third-order valence-electron chi connectivity index (χ3n) is 3.31. The first-order chi connectivity index (χ1) is 10.4. The summed E-state index contributed by atoms with van der Waals surface area (Å²) in [6, 6.07) is 9.77. The van der Waals surface area contributed by atoms with Crippen LogP contribution in [0.5, 0.6) is 0 Å². The molecule has 120 valence electrons. The summed E-state index contributed by atoms with van der Waals surface area (Å²) in [4.78, 5) is 0. The molecule has 2 aromatic rings. The van der Waals surface area contributed by atoms with Crippen LogP contribution >= 0.6 is 23.5 Å². The predicted octanol–water partition coefficient (Wildman–Crippen LogP) is 5.17. The quantitative estimate of drug-likeness (QED) is 0.695. The van der Waals surface area contributed by atoms with Crippen LogP contribution in [0.4, 0.5) is 0 Å². The number of aliphatic hydroxyl groups is 1. The molecule has 0 heterocycles. The van der Waals surface area contributed by atoms with Crippen LogP contribution in [0.1, 0.15) is 30.8 Å². The third kappa shape index (κ3) is 3.61. The van der Waals surface area contributed by atoms with Crippen molar-refractivity contribution in [2.75, 3.05) is 13.2 Å². The van der Waals surface area contributed by atoms with Crippen molar-refractivity contribution in [3.63, 3.8) is 0 Å². The second kappa shape index (κ2) is 7.24. The van der Waals surface area contributed by atoms with Crippen molar-refractivity contribution in [2.45, 2.75) is 26.6 Å². The van der Waals surface area contributed by atoms with E-state index in [-0.39, 0.29) is 13.2 Å². The van der Waals surface area contributed by atoms with E-state index in [2.05, 4.69) is 15.9 Å². The van der Waals surface area contributed by atoms with Crippen LogP contribution in [0, 0.1) is 6.92 Å². The second-order valence-corrected chi connectivity index (χ2v) is 7.91. The van der Waals surface area contributed by atoms with Crippen molar-refractivity contribution in [1.29, 1.82) is 0 Å². The fourth-order valence-corrected chi connectivity index (χ4v) is 4.70. The number of hydrogen-bond acceptors (Lipinski definition) is 4. The van der Waals surface area contributed by atoms with Gasteiger partial charge in [0.25, 0.3) is 0 Å². The van der Waals surface area contributed by atoms with Gasteiger partial charge >= 0.3 is 7.60 Å². The Kier molecular flexibility index (Phi) is 5.81. The van der Waals surface area contributed by atoms with Crippen molar-refractivity contribution in [2.24, 2.45) is 0 Å². The highest BCUT2D eigenvalue weighted by Gasteiger charge is 2.36. The van der Waals surface area contributed by atoms with Crippen LogP contribution in [-0.2, 0) is 13.6 Å². The van der Waals surface area contributed by atoms with Gasteiger partial charge in [0, 0.05) is 10.0 Å². The SMILES string of the molecule is CCOP(=O)(OCC)C(O)c1cc2cc(C)ccc2cc1Br. The van der Waals surface area contributed by atoms with Crippen molar-refractivity contribution in [3.8, 4) is 0 Å². The minimum atomic E-state index is -3.62. The molecule has 0 amide bonds. The Bertz CT molecular complexity index is 707. The van der Waals surface area contributed by atoms with Crippen LogP contribution in [-0.4, -0.2) is 18.3 Å². The van der Waals surface area contributed by atoms with E-state index in [0.29, 0.717) is 10.0 Å². The Hall–Kier alpha value is -0.710. The smallest absolute Gasteiger partial charge is 0.363 e. The van der Waals surface area contributed by atoms with Crippen molar-refractivity contribution < 1.29 is 18.7 Å². The number of fused-ring (bicyclic) bond motifs is 1. The van der Waals surface area contributed by atoms with Gasteiger partial charge in [0.15, 0.2) is 5.85 Å². The summed E-state index contributed by atoms with van der Waals surface area (Å²) in [6.45, 7) is 5.86. The lowest BCUT2D eigenvalue weighted by Crippen LogP contribution is -2.07. The second-order valence-electron chi connectivity index (χ2n) is 4.97. The minimum Gasteiger partial charge on any atom is -0.376 e. The maximum atomic E-state index is 12.8. The summed E-state index contributed by atoms with van der Waals surface area (Å²) < 4.78 is 23.9.